The highest BCUT2D eigenvalue weighted by molar-refractivity contribution is 5.78. The quantitative estimate of drug-likeness (QED) is 0.0514. The molecule has 34 heavy (non-hydrogen) atoms. The third-order valence-electron chi connectivity index (χ3n) is 4.24. The first-order valence-corrected chi connectivity index (χ1v) is 11.6. The minimum Gasteiger partial charge on any atom is -0.379 e. The molecule has 0 heterocycles. The summed E-state index contributed by atoms with van der Waals surface area (Å²) < 4.78 is 21.3. The van der Waals surface area contributed by atoms with Crippen molar-refractivity contribution in [3.05, 3.63) is 10.4 Å². The summed E-state index contributed by atoms with van der Waals surface area (Å²) >= 11 is 0. The Morgan fingerprint density at radius 1 is 0.794 bits per heavy atom. The van der Waals surface area contributed by atoms with Crippen LogP contribution in [0.3, 0.4) is 0 Å². The second kappa shape index (κ2) is 25.6. The number of azide groups is 1. The largest absolute Gasteiger partial charge is 0.379 e. The van der Waals surface area contributed by atoms with Crippen molar-refractivity contribution in [1.82, 2.24) is 15.5 Å². The van der Waals surface area contributed by atoms with Crippen molar-refractivity contribution in [1.29, 1.82) is 0 Å². The molecule has 6 N–H and O–H groups in total. The smallest absolute Gasteiger partial charge is 0.234 e. The van der Waals surface area contributed by atoms with Crippen LogP contribution in [0.1, 0.15) is 12.8 Å². The van der Waals surface area contributed by atoms with Gasteiger partial charge in [-0.3, -0.25) is 14.5 Å². The Bertz CT molecular complexity index is 545. The van der Waals surface area contributed by atoms with Gasteiger partial charge in [0.1, 0.15) is 0 Å². The molecule has 14 nitrogen and oxygen atoms in total. The van der Waals surface area contributed by atoms with E-state index in [1.807, 2.05) is 4.90 Å². The maximum absolute atomic E-state index is 11.9. The van der Waals surface area contributed by atoms with E-state index in [0.29, 0.717) is 105 Å². The number of nitrogens with one attached hydrogen (secondary N) is 2. The van der Waals surface area contributed by atoms with Crippen LogP contribution in [0.5, 0.6) is 0 Å². The van der Waals surface area contributed by atoms with Crippen molar-refractivity contribution in [2.45, 2.75) is 12.8 Å². The summed E-state index contributed by atoms with van der Waals surface area (Å²) in [6.07, 6.45) is 0.909. The van der Waals surface area contributed by atoms with Crippen LogP contribution in [0.2, 0.25) is 0 Å². The Labute approximate surface area is 201 Å². The number of carbonyl (C=O) groups is 2. The topological polar surface area (TPSA) is 199 Å². The Hall–Kier alpha value is -2.03. The molecule has 0 unspecified atom stereocenters. The predicted molar refractivity (Wildman–Crippen MR) is 127 cm³/mol. The van der Waals surface area contributed by atoms with Gasteiger partial charge in [-0.05, 0) is 12.0 Å². The number of hydrogen-bond acceptors (Lipinski definition) is 10. The van der Waals surface area contributed by atoms with Crippen LogP contribution in [0.25, 0.3) is 10.4 Å². The number of nitrogens with two attached hydrogens (primary N) is 2. The molecule has 0 saturated heterocycles. The van der Waals surface area contributed by atoms with Crippen molar-refractivity contribution in [3.8, 4) is 0 Å². The predicted octanol–water partition coefficient (Wildman–Crippen LogP) is -1.40. The van der Waals surface area contributed by atoms with Gasteiger partial charge in [0.05, 0.1) is 59.4 Å². The average molecular weight is 491 g/mol. The van der Waals surface area contributed by atoms with Crippen molar-refractivity contribution in [3.63, 3.8) is 0 Å². The highest BCUT2D eigenvalue weighted by atomic mass is 16.6. The number of hydrogen-bond donors (Lipinski definition) is 4. The maximum atomic E-state index is 11.9. The fourth-order valence-corrected chi connectivity index (χ4v) is 2.60. The van der Waals surface area contributed by atoms with E-state index in [-0.39, 0.29) is 24.8 Å². The SMILES string of the molecule is [N-]=[N+]=NCCOCCOCCOCCOCCC(=O)NCCCNC(=O)CN(CCN)CCN. The highest BCUT2D eigenvalue weighted by Crippen LogP contribution is 1.88. The fourth-order valence-electron chi connectivity index (χ4n) is 2.60. The first-order chi connectivity index (χ1) is 16.6. The summed E-state index contributed by atoms with van der Waals surface area (Å²) in [4.78, 5) is 28.2. The number of rotatable bonds is 25. The lowest BCUT2D eigenvalue weighted by molar-refractivity contribution is -0.122. The summed E-state index contributed by atoms with van der Waals surface area (Å²) in [5.41, 5.74) is 19.1. The molecule has 0 aliphatic heterocycles. The van der Waals surface area contributed by atoms with Crippen LogP contribution in [-0.4, -0.2) is 122 Å². The maximum Gasteiger partial charge on any atom is 0.234 e. The number of carbonyl (C=O) groups excluding carboxylic acids is 2. The molecular formula is C20H42N8O6. The first-order valence-electron chi connectivity index (χ1n) is 11.6. The number of nitrogens with zero attached hydrogens (tertiary/aromatic N) is 4. The summed E-state index contributed by atoms with van der Waals surface area (Å²) in [6.45, 7) is 7.03. The van der Waals surface area contributed by atoms with E-state index in [4.69, 9.17) is 35.9 Å². The Morgan fingerprint density at radius 2 is 1.29 bits per heavy atom. The van der Waals surface area contributed by atoms with Gasteiger partial charge in [0, 0.05) is 57.1 Å². The Balaban J connectivity index is 3.39. The van der Waals surface area contributed by atoms with Gasteiger partial charge in [-0.15, -0.1) is 0 Å². The van der Waals surface area contributed by atoms with Crippen molar-refractivity contribution < 1.29 is 28.5 Å². The van der Waals surface area contributed by atoms with Gasteiger partial charge in [0.25, 0.3) is 0 Å². The second-order valence-corrected chi connectivity index (χ2v) is 7.06. The van der Waals surface area contributed by atoms with Crippen molar-refractivity contribution in [2.24, 2.45) is 16.6 Å². The van der Waals surface area contributed by atoms with E-state index >= 15 is 0 Å². The molecule has 198 valence electrons. The standard InChI is InChI=1S/C20H42N8O6/c21-3-8-28(9-4-22)18-20(30)25-6-1-5-24-19(29)2-10-31-12-14-33-16-17-34-15-13-32-11-7-26-27-23/h1-18,21-22H2,(H,24,29)(H,25,30). The third-order valence-corrected chi connectivity index (χ3v) is 4.24. The molecule has 0 aromatic carbocycles. The van der Waals surface area contributed by atoms with Crippen molar-refractivity contribution in [2.75, 3.05) is 105 Å². The molecule has 0 spiro atoms. The molecule has 0 aliphatic carbocycles. The molecule has 0 aromatic heterocycles. The van der Waals surface area contributed by atoms with Crippen LogP contribution >= 0.6 is 0 Å². The van der Waals surface area contributed by atoms with Crippen LogP contribution in [0.4, 0.5) is 0 Å². The van der Waals surface area contributed by atoms with E-state index in [9.17, 15) is 9.59 Å². The lowest BCUT2D eigenvalue weighted by atomic mass is 10.3. The fraction of sp³-hybridized carbons (Fsp3) is 0.900. The second-order valence-electron chi connectivity index (χ2n) is 7.06. The van der Waals surface area contributed by atoms with Gasteiger partial charge >= 0.3 is 0 Å². The summed E-state index contributed by atoms with van der Waals surface area (Å²) in [5, 5.41) is 8.97. The highest BCUT2D eigenvalue weighted by Gasteiger charge is 2.08. The van der Waals surface area contributed by atoms with Gasteiger partial charge in [-0.2, -0.15) is 0 Å². The molecule has 0 aromatic rings. The molecule has 0 aliphatic rings. The van der Waals surface area contributed by atoms with E-state index in [2.05, 4.69) is 20.7 Å². The summed E-state index contributed by atoms with van der Waals surface area (Å²) in [5.74, 6) is -0.178. The molecule has 14 heteroatoms. The van der Waals surface area contributed by atoms with E-state index in [0.717, 1.165) is 0 Å². The normalized spacial score (nSPS) is 10.8. The first kappa shape index (κ1) is 32.0. The van der Waals surface area contributed by atoms with Gasteiger partial charge in [0.15, 0.2) is 0 Å². The van der Waals surface area contributed by atoms with E-state index in [1.165, 1.54) is 0 Å². The van der Waals surface area contributed by atoms with Crippen LogP contribution in [0.15, 0.2) is 5.11 Å². The molecule has 2 amide bonds. The molecular weight excluding hydrogens is 448 g/mol. The summed E-state index contributed by atoms with van der Waals surface area (Å²) in [7, 11) is 0. The van der Waals surface area contributed by atoms with E-state index < -0.39 is 0 Å². The Kier molecular flexibility index (Phi) is 24.1. The molecule has 0 saturated carbocycles. The minimum absolute atomic E-state index is 0.0803. The van der Waals surface area contributed by atoms with Crippen LogP contribution in [0, 0.1) is 0 Å². The van der Waals surface area contributed by atoms with Crippen LogP contribution < -0.4 is 22.1 Å². The average Bonchev–Trinajstić information content (AvgIpc) is 2.81. The van der Waals surface area contributed by atoms with Gasteiger partial charge in [-0.1, -0.05) is 5.11 Å². The van der Waals surface area contributed by atoms with Crippen molar-refractivity contribution >= 4 is 11.8 Å². The molecule has 0 radical (unpaired) electrons. The van der Waals surface area contributed by atoms with Gasteiger partial charge < -0.3 is 41.0 Å². The number of ether oxygens (including phenoxy) is 4. The molecule has 0 fully saturated rings. The van der Waals surface area contributed by atoms with Crippen LogP contribution in [-0.2, 0) is 28.5 Å². The monoisotopic (exact) mass is 490 g/mol. The Morgan fingerprint density at radius 3 is 1.82 bits per heavy atom. The molecule has 0 atom stereocenters. The van der Waals surface area contributed by atoms with E-state index in [1.54, 1.807) is 0 Å². The lowest BCUT2D eigenvalue weighted by Crippen LogP contribution is -2.42. The molecule has 0 rings (SSSR count). The zero-order valence-corrected chi connectivity index (χ0v) is 20.1. The number of amides is 2. The van der Waals surface area contributed by atoms with Gasteiger partial charge in [-0.25, -0.2) is 0 Å². The van der Waals surface area contributed by atoms with Gasteiger partial charge in [0.2, 0.25) is 11.8 Å². The minimum atomic E-state index is -0.0978. The summed E-state index contributed by atoms with van der Waals surface area (Å²) in [6, 6.07) is 0. The zero-order chi connectivity index (χ0) is 25.1. The zero-order valence-electron chi connectivity index (χ0n) is 20.1. The molecule has 0 bridgehead atoms. The lowest BCUT2D eigenvalue weighted by Gasteiger charge is -2.19. The third kappa shape index (κ3) is 23.1.